The van der Waals surface area contributed by atoms with E-state index in [1.807, 2.05) is 19.1 Å². The highest BCUT2D eigenvalue weighted by molar-refractivity contribution is 7.89. The van der Waals surface area contributed by atoms with Crippen molar-refractivity contribution >= 4 is 15.9 Å². The number of hydrogen-bond donors (Lipinski definition) is 0. The largest absolute Gasteiger partial charge is 0.342 e. The van der Waals surface area contributed by atoms with Crippen LogP contribution in [0.1, 0.15) is 45.2 Å². The minimum Gasteiger partial charge on any atom is -0.342 e. The summed E-state index contributed by atoms with van der Waals surface area (Å²) >= 11 is 0. The van der Waals surface area contributed by atoms with Gasteiger partial charge in [-0.05, 0) is 36.0 Å². The fraction of sp³-hybridized carbons (Fsp3) is 0.611. The first-order valence-corrected chi connectivity index (χ1v) is 9.84. The van der Waals surface area contributed by atoms with Crippen LogP contribution in [0.5, 0.6) is 0 Å². The number of aryl methyl sites for hydroxylation is 1. The molecule has 24 heavy (non-hydrogen) atoms. The zero-order valence-electron chi connectivity index (χ0n) is 15.3. The van der Waals surface area contributed by atoms with E-state index in [9.17, 15) is 13.2 Å². The zero-order chi connectivity index (χ0) is 18.1. The molecule has 1 aromatic carbocycles. The summed E-state index contributed by atoms with van der Waals surface area (Å²) in [6.45, 7) is 11.4. The summed E-state index contributed by atoms with van der Waals surface area (Å²) in [5.74, 6) is 0.000147. The second-order valence-corrected chi connectivity index (χ2v) is 9.40. The van der Waals surface area contributed by atoms with Crippen LogP contribution in [0.15, 0.2) is 23.1 Å². The molecule has 134 valence electrons. The third-order valence-corrected chi connectivity index (χ3v) is 6.61. The normalized spacial score (nSPS) is 17.6. The lowest BCUT2D eigenvalue weighted by Gasteiger charge is -2.24. The average Bonchev–Trinajstić information content (AvgIpc) is 2.72. The van der Waals surface area contributed by atoms with Crippen molar-refractivity contribution in [2.45, 2.75) is 51.3 Å². The molecular formula is C18H28N2O3S. The van der Waals surface area contributed by atoms with Crippen LogP contribution in [0.2, 0.25) is 0 Å². The smallest absolute Gasteiger partial charge is 0.243 e. The number of amides is 1. The van der Waals surface area contributed by atoms with Crippen molar-refractivity contribution in [1.82, 2.24) is 9.21 Å². The lowest BCUT2D eigenvalue weighted by atomic mass is 9.87. The van der Waals surface area contributed by atoms with E-state index in [-0.39, 0.29) is 11.3 Å². The minimum atomic E-state index is -3.55. The summed E-state index contributed by atoms with van der Waals surface area (Å²) in [7, 11) is -3.55. The molecule has 1 fully saturated rings. The van der Waals surface area contributed by atoms with Crippen LogP contribution in [-0.2, 0) is 20.2 Å². The number of rotatable bonds is 2. The third kappa shape index (κ3) is 3.98. The lowest BCUT2D eigenvalue weighted by molar-refractivity contribution is -0.128. The molecule has 0 N–H and O–H groups in total. The maximum atomic E-state index is 13.1. The van der Waals surface area contributed by atoms with Gasteiger partial charge >= 0.3 is 0 Å². The Bertz CT molecular complexity index is 720. The van der Waals surface area contributed by atoms with Gasteiger partial charge in [0, 0.05) is 33.1 Å². The third-order valence-electron chi connectivity index (χ3n) is 4.57. The molecule has 0 atom stereocenters. The monoisotopic (exact) mass is 352 g/mol. The molecule has 0 aliphatic carbocycles. The topological polar surface area (TPSA) is 57.7 Å². The fourth-order valence-electron chi connectivity index (χ4n) is 2.93. The van der Waals surface area contributed by atoms with Gasteiger partial charge in [-0.3, -0.25) is 4.79 Å². The Kier molecular flexibility index (Phi) is 5.40. The molecule has 0 unspecified atom stereocenters. The summed E-state index contributed by atoms with van der Waals surface area (Å²) in [5, 5.41) is 0. The van der Waals surface area contributed by atoms with E-state index in [1.165, 1.54) is 11.2 Å². The minimum absolute atomic E-state index is 0.000147. The predicted molar refractivity (Wildman–Crippen MR) is 95.5 cm³/mol. The molecule has 0 aromatic heterocycles. The Labute approximate surface area is 145 Å². The van der Waals surface area contributed by atoms with Gasteiger partial charge in [-0.2, -0.15) is 4.31 Å². The van der Waals surface area contributed by atoms with Gasteiger partial charge in [-0.15, -0.1) is 0 Å². The first-order valence-electron chi connectivity index (χ1n) is 8.40. The number of carbonyl (C=O) groups excluding carboxylic acids is 1. The average molecular weight is 353 g/mol. The van der Waals surface area contributed by atoms with Crippen LogP contribution in [-0.4, -0.2) is 49.7 Å². The maximum absolute atomic E-state index is 13.1. The Morgan fingerprint density at radius 1 is 1.08 bits per heavy atom. The maximum Gasteiger partial charge on any atom is 0.243 e. The first kappa shape index (κ1) is 18.9. The summed E-state index contributed by atoms with van der Waals surface area (Å²) in [6, 6.07) is 5.68. The van der Waals surface area contributed by atoms with E-state index in [2.05, 4.69) is 20.8 Å². The van der Waals surface area contributed by atoms with Gasteiger partial charge in [0.25, 0.3) is 0 Å². The van der Waals surface area contributed by atoms with Crippen LogP contribution in [0.25, 0.3) is 0 Å². The van der Waals surface area contributed by atoms with E-state index in [4.69, 9.17) is 0 Å². The molecule has 5 nitrogen and oxygen atoms in total. The van der Waals surface area contributed by atoms with E-state index in [0.717, 1.165) is 11.1 Å². The van der Waals surface area contributed by atoms with Crippen molar-refractivity contribution in [1.29, 1.82) is 0 Å². The quantitative estimate of drug-likeness (QED) is 0.822. The molecule has 0 saturated carbocycles. The second-order valence-electron chi connectivity index (χ2n) is 7.49. The van der Waals surface area contributed by atoms with Crippen molar-refractivity contribution in [2.75, 3.05) is 26.2 Å². The molecule has 1 amide bonds. The summed E-state index contributed by atoms with van der Waals surface area (Å²) in [6.07, 6.45) is 0.664. The van der Waals surface area contributed by atoms with Gasteiger partial charge in [0.1, 0.15) is 0 Å². The van der Waals surface area contributed by atoms with Crippen molar-refractivity contribution in [3.05, 3.63) is 29.3 Å². The molecule has 6 heteroatoms. The highest BCUT2D eigenvalue weighted by Gasteiger charge is 2.29. The van der Waals surface area contributed by atoms with Crippen LogP contribution < -0.4 is 0 Å². The fourth-order valence-corrected chi connectivity index (χ4v) is 4.65. The molecular weight excluding hydrogens is 324 g/mol. The predicted octanol–water partition coefficient (Wildman–Crippen LogP) is 2.54. The molecule has 0 bridgehead atoms. The van der Waals surface area contributed by atoms with Crippen molar-refractivity contribution in [2.24, 2.45) is 0 Å². The summed E-state index contributed by atoms with van der Waals surface area (Å²) in [5.41, 5.74) is 1.66. The van der Waals surface area contributed by atoms with E-state index < -0.39 is 10.0 Å². The van der Waals surface area contributed by atoms with Crippen LogP contribution in [0.4, 0.5) is 0 Å². The van der Waals surface area contributed by atoms with Gasteiger partial charge < -0.3 is 4.90 Å². The van der Waals surface area contributed by atoms with E-state index >= 15 is 0 Å². The van der Waals surface area contributed by atoms with Gasteiger partial charge in [-0.25, -0.2) is 8.42 Å². The SMILES string of the molecule is CC(=O)N1CCCN(S(=O)(=O)c2cc(C(C)(C)C)ccc2C)CC1. The van der Waals surface area contributed by atoms with Gasteiger partial charge in [0.2, 0.25) is 15.9 Å². The summed E-state index contributed by atoms with van der Waals surface area (Å²) < 4.78 is 27.8. The molecule has 1 heterocycles. The highest BCUT2D eigenvalue weighted by atomic mass is 32.2. The van der Waals surface area contributed by atoms with Crippen LogP contribution >= 0.6 is 0 Å². The van der Waals surface area contributed by atoms with Gasteiger partial charge in [-0.1, -0.05) is 32.9 Å². The molecule has 1 aromatic rings. The number of sulfonamides is 1. The summed E-state index contributed by atoms with van der Waals surface area (Å²) in [4.78, 5) is 13.6. The molecule has 1 saturated heterocycles. The highest BCUT2D eigenvalue weighted by Crippen LogP contribution is 2.28. The Balaban J connectivity index is 2.35. The zero-order valence-corrected chi connectivity index (χ0v) is 16.1. The van der Waals surface area contributed by atoms with Gasteiger partial charge in [0.05, 0.1) is 4.90 Å². The van der Waals surface area contributed by atoms with Gasteiger partial charge in [0.15, 0.2) is 0 Å². The molecule has 2 rings (SSSR count). The van der Waals surface area contributed by atoms with E-state index in [0.29, 0.717) is 37.5 Å². The van der Waals surface area contributed by atoms with Crippen molar-refractivity contribution in [3.8, 4) is 0 Å². The number of hydrogen-bond acceptors (Lipinski definition) is 3. The number of benzene rings is 1. The van der Waals surface area contributed by atoms with Crippen molar-refractivity contribution in [3.63, 3.8) is 0 Å². The Morgan fingerprint density at radius 2 is 1.75 bits per heavy atom. The molecule has 1 aliphatic heterocycles. The van der Waals surface area contributed by atoms with Crippen LogP contribution in [0, 0.1) is 6.92 Å². The van der Waals surface area contributed by atoms with Crippen LogP contribution in [0.3, 0.4) is 0 Å². The molecule has 1 aliphatic rings. The lowest BCUT2D eigenvalue weighted by Crippen LogP contribution is -2.36. The van der Waals surface area contributed by atoms with Crippen molar-refractivity contribution < 1.29 is 13.2 Å². The first-order chi connectivity index (χ1) is 11.0. The Morgan fingerprint density at radius 3 is 2.33 bits per heavy atom. The molecule has 0 radical (unpaired) electrons. The number of carbonyl (C=O) groups is 1. The van der Waals surface area contributed by atoms with E-state index in [1.54, 1.807) is 11.0 Å². The number of nitrogens with zero attached hydrogens (tertiary/aromatic N) is 2. The second kappa shape index (κ2) is 6.84. The Hall–Kier alpha value is -1.40. The molecule has 0 spiro atoms. The standard InChI is InChI=1S/C18H28N2O3S/c1-14-7-8-16(18(3,4)5)13-17(14)24(22,23)20-10-6-9-19(11-12-20)15(2)21/h7-8,13H,6,9-12H2,1-5H3.